The van der Waals surface area contributed by atoms with Gasteiger partial charge in [-0.1, -0.05) is 30.3 Å². The second kappa shape index (κ2) is 7.66. The molecule has 1 aliphatic heterocycles. The van der Waals surface area contributed by atoms with Gasteiger partial charge in [0.2, 0.25) is 0 Å². The normalized spacial score (nSPS) is 18.8. The highest BCUT2D eigenvalue weighted by Gasteiger charge is 2.13. The highest BCUT2D eigenvalue weighted by molar-refractivity contribution is 7.99. The Morgan fingerprint density at radius 1 is 1.29 bits per heavy atom. The number of hydrogen-bond acceptors (Lipinski definition) is 3. The number of nitrogens with one attached hydrogen (secondary N) is 1. The molecule has 2 heterocycles. The molecule has 0 radical (unpaired) electrons. The van der Waals surface area contributed by atoms with Gasteiger partial charge in [-0.15, -0.1) is 0 Å². The number of aromatic nitrogens is 2. The Balaban J connectivity index is 1.50. The minimum Gasteiger partial charge on any atom is -0.330 e. The van der Waals surface area contributed by atoms with Gasteiger partial charge >= 0.3 is 0 Å². The number of rotatable bonds is 6. The van der Waals surface area contributed by atoms with Crippen LogP contribution in [0.25, 0.3) is 0 Å². The van der Waals surface area contributed by atoms with Crippen molar-refractivity contribution >= 4 is 11.8 Å². The minimum atomic E-state index is 0.696. The van der Waals surface area contributed by atoms with Gasteiger partial charge in [-0.05, 0) is 24.2 Å². The van der Waals surface area contributed by atoms with Crippen molar-refractivity contribution in [3.63, 3.8) is 0 Å². The van der Waals surface area contributed by atoms with E-state index in [2.05, 4.69) is 63.2 Å². The minimum absolute atomic E-state index is 0.696. The van der Waals surface area contributed by atoms with Crippen molar-refractivity contribution in [2.75, 3.05) is 18.1 Å². The Hall–Kier alpha value is -1.26. The van der Waals surface area contributed by atoms with E-state index in [0.29, 0.717) is 6.04 Å². The molecule has 21 heavy (non-hydrogen) atoms. The van der Waals surface area contributed by atoms with Gasteiger partial charge in [-0.3, -0.25) is 0 Å². The van der Waals surface area contributed by atoms with Crippen LogP contribution >= 0.6 is 11.8 Å². The molecule has 0 saturated carbocycles. The number of thioether (sulfide) groups is 1. The van der Waals surface area contributed by atoms with Gasteiger partial charge < -0.3 is 9.88 Å². The maximum absolute atomic E-state index is 4.51. The first-order valence-corrected chi connectivity index (χ1v) is 8.92. The van der Waals surface area contributed by atoms with Gasteiger partial charge in [-0.25, -0.2) is 4.98 Å². The smallest absolute Gasteiger partial charge is 0.110 e. The monoisotopic (exact) mass is 301 g/mol. The van der Waals surface area contributed by atoms with Crippen LogP contribution in [-0.2, 0) is 13.0 Å². The average Bonchev–Trinajstić information content (AvgIpc) is 2.97. The summed E-state index contributed by atoms with van der Waals surface area (Å²) in [7, 11) is 0. The maximum atomic E-state index is 4.51. The summed E-state index contributed by atoms with van der Waals surface area (Å²) in [4.78, 5) is 4.51. The first kappa shape index (κ1) is 14.7. The van der Waals surface area contributed by atoms with E-state index < -0.39 is 0 Å². The summed E-state index contributed by atoms with van der Waals surface area (Å²) in [5.74, 6) is 3.77. The molecule has 0 unspecified atom stereocenters. The van der Waals surface area contributed by atoms with E-state index in [4.69, 9.17) is 0 Å². The van der Waals surface area contributed by atoms with E-state index in [1.807, 2.05) is 6.20 Å². The van der Waals surface area contributed by atoms with Crippen LogP contribution in [-0.4, -0.2) is 33.6 Å². The summed E-state index contributed by atoms with van der Waals surface area (Å²) in [6.45, 7) is 1.94. The summed E-state index contributed by atoms with van der Waals surface area (Å²) < 4.78 is 2.26. The third-order valence-electron chi connectivity index (χ3n) is 3.94. The van der Waals surface area contributed by atoms with E-state index in [0.717, 1.165) is 19.5 Å². The molecule has 1 N–H and O–H groups in total. The van der Waals surface area contributed by atoms with Crippen molar-refractivity contribution in [2.24, 2.45) is 0 Å². The van der Waals surface area contributed by atoms with E-state index in [1.54, 1.807) is 0 Å². The van der Waals surface area contributed by atoms with Gasteiger partial charge in [-0.2, -0.15) is 11.8 Å². The SMILES string of the molecule is c1ccc(Cn2ccnc2CCN[C@@H]2CCCSC2)cc1. The van der Waals surface area contributed by atoms with Crippen molar-refractivity contribution in [3.05, 3.63) is 54.1 Å². The van der Waals surface area contributed by atoms with Gasteiger partial charge in [0.1, 0.15) is 5.82 Å². The molecule has 112 valence electrons. The molecule has 3 rings (SSSR count). The number of hydrogen-bond donors (Lipinski definition) is 1. The van der Waals surface area contributed by atoms with Crippen LogP contribution < -0.4 is 5.32 Å². The highest BCUT2D eigenvalue weighted by atomic mass is 32.2. The van der Waals surface area contributed by atoms with Gasteiger partial charge in [0.25, 0.3) is 0 Å². The van der Waals surface area contributed by atoms with Crippen LogP contribution in [0.5, 0.6) is 0 Å². The summed E-state index contributed by atoms with van der Waals surface area (Å²) in [6.07, 6.45) is 7.67. The fourth-order valence-corrected chi connectivity index (χ4v) is 3.89. The third kappa shape index (κ3) is 4.35. The molecule has 1 atom stereocenters. The van der Waals surface area contributed by atoms with Crippen LogP contribution in [0.1, 0.15) is 24.2 Å². The zero-order valence-electron chi connectivity index (χ0n) is 12.4. The Morgan fingerprint density at radius 2 is 2.19 bits per heavy atom. The maximum Gasteiger partial charge on any atom is 0.110 e. The van der Waals surface area contributed by atoms with Crippen molar-refractivity contribution < 1.29 is 0 Å². The highest BCUT2D eigenvalue weighted by Crippen LogP contribution is 2.16. The quantitative estimate of drug-likeness (QED) is 0.889. The molecule has 1 saturated heterocycles. The van der Waals surface area contributed by atoms with Crippen LogP contribution in [0, 0.1) is 0 Å². The molecule has 1 fully saturated rings. The number of nitrogens with zero attached hydrogens (tertiary/aromatic N) is 2. The van der Waals surface area contributed by atoms with Gasteiger partial charge in [0, 0.05) is 43.7 Å². The Bertz CT molecular complexity index is 532. The van der Waals surface area contributed by atoms with E-state index >= 15 is 0 Å². The summed E-state index contributed by atoms with van der Waals surface area (Å²) in [5.41, 5.74) is 1.33. The predicted molar refractivity (Wildman–Crippen MR) is 89.8 cm³/mol. The molecule has 0 bridgehead atoms. The fourth-order valence-electron chi connectivity index (χ4n) is 2.78. The molecule has 2 aromatic rings. The van der Waals surface area contributed by atoms with Gasteiger partial charge in [0.15, 0.2) is 0 Å². The second-order valence-corrected chi connectivity index (χ2v) is 6.72. The summed E-state index contributed by atoms with van der Waals surface area (Å²) >= 11 is 2.07. The lowest BCUT2D eigenvalue weighted by atomic mass is 10.2. The Kier molecular flexibility index (Phi) is 5.35. The first-order valence-electron chi connectivity index (χ1n) is 7.77. The third-order valence-corrected chi connectivity index (χ3v) is 5.15. The van der Waals surface area contributed by atoms with Crippen LogP contribution in [0.4, 0.5) is 0 Å². The first-order chi connectivity index (χ1) is 10.4. The fraction of sp³-hybridized carbons (Fsp3) is 0.471. The zero-order chi connectivity index (χ0) is 14.3. The predicted octanol–water partition coefficient (Wildman–Crippen LogP) is 2.96. The number of imidazole rings is 1. The molecule has 0 spiro atoms. The Labute approximate surface area is 131 Å². The molecule has 1 aromatic heterocycles. The molecule has 1 aromatic carbocycles. The van der Waals surface area contributed by atoms with Crippen molar-refractivity contribution in [1.29, 1.82) is 0 Å². The Morgan fingerprint density at radius 3 is 3.00 bits per heavy atom. The molecular weight excluding hydrogens is 278 g/mol. The molecule has 1 aliphatic rings. The molecule has 0 amide bonds. The van der Waals surface area contributed by atoms with E-state index in [1.165, 1.54) is 35.7 Å². The van der Waals surface area contributed by atoms with E-state index in [-0.39, 0.29) is 0 Å². The van der Waals surface area contributed by atoms with Crippen molar-refractivity contribution in [3.8, 4) is 0 Å². The van der Waals surface area contributed by atoms with Crippen LogP contribution in [0.2, 0.25) is 0 Å². The number of benzene rings is 1. The summed E-state index contributed by atoms with van der Waals surface area (Å²) in [5, 5.41) is 3.68. The zero-order valence-corrected chi connectivity index (χ0v) is 13.2. The molecular formula is C17H23N3S. The molecule has 4 heteroatoms. The largest absolute Gasteiger partial charge is 0.330 e. The average molecular weight is 301 g/mol. The summed E-state index contributed by atoms with van der Waals surface area (Å²) in [6, 6.07) is 11.3. The standard InChI is InChI=1S/C17H23N3S/c1-2-5-15(6-3-1)13-20-11-10-19-17(20)8-9-18-16-7-4-12-21-14-16/h1-3,5-6,10-11,16,18H,4,7-9,12-14H2/t16-/m1/s1. The van der Waals surface area contributed by atoms with Gasteiger partial charge in [0.05, 0.1) is 0 Å². The molecule has 3 nitrogen and oxygen atoms in total. The van der Waals surface area contributed by atoms with Crippen molar-refractivity contribution in [2.45, 2.75) is 31.8 Å². The molecule has 0 aliphatic carbocycles. The lowest BCUT2D eigenvalue weighted by molar-refractivity contribution is 0.504. The second-order valence-electron chi connectivity index (χ2n) is 5.58. The van der Waals surface area contributed by atoms with Crippen LogP contribution in [0.15, 0.2) is 42.7 Å². The van der Waals surface area contributed by atoms with Crippen molar-refractivity contribution in [1.82, 2.24) is 14.9 Å². The van der Waals surface area contributed by atoms with Crippen LogP contribution in [0.3, 0.4) is 0 Å². The topological polar surface area (TPSA) is 29.9 Å². The van der Waals surface area contributed by atoms with E-state index in [9.17, 15) is 0 Å². The lowest BCUT2D eigenvalue weighted by Gasteiger charge is -2.22. The lowest BCUT2D eigenvalue weighted by Crippen LogP contribution is -2.35.